The molecule has 2 atom stereocenters. The van der Waals surface area contributed by atoms with Crippen LogP contribution in [-0.2, 0) is 9.53 Å². The minimum atomic E-state index is -0.358. The van der Waals surface area contributed by atoms with Gasteiger partial charge in [-0.05, 0) is 51.0 Å². The SMILES string of the molecule is CC(=O)N1CC(C)N(c2cc(F)cc(-c3cc(-c4cnnn4C4CCOCC4)c4c(N)ncnn34)c2)C(C)C1. The molecule has 0 saturated carbocycles. The van der Waals surface area contributed by atoms with Gasteiger partial charge in [-0.15, -0.1) is 5.10 Å². The van der Waals surface area contributed by atoms with Crippen molar-refractivity contribution in [3.8, 4) is 22.5 Å². The van der Waals surface area contributed by atoms with Crippen LogP contribution in [0.1, 0.15) is 39.7 Å². The average molecular weight is 534 g/mol. The van der Waals surface area contributed by atoms with Gasteiger partial charge in [-0.25, -0.2) is 18.6 Å². The van der Waals surface area contributed by atoms with E-state index in [1.165, 1.54) is 12.4 Å². The monoisotopic (exact) mass is 533 g/mol. The number of piperazine rings is 1. The van der Waals surface area contributed by atoms with E-state index in [1.807, 2.05) is 21.7 Å². The molecule has 0 aliphatic carbocycles. The topological polar surface area (TPSA) is 120 Å². The number of carbonyl (C=O) groups excluding carboxylic acids is 1. The molecule has 2 aliphatic heterocycles. The van der Waals surface area contributed by atoms with Crippen LogP contribution in [0.5, 0.6) is 0 Å². The van der Waals surface area contributed by atoms with Crippen molar-refractivity contribution in [3.05, 3.63) is 42.6 Å². The van der Waals surface area contributed by atoms with Crippen molar-refractivity contribution in [1.29, 1.82) is 0 Å². The number of nitrogens with two attached hydrogens (primary N) is 1. The quantitative estimate of drug-likeness (QED) is 0.425. The minimum Gasteiger partial charge on any atom is -0.382 e. The number of hydrogen-bond acceptors (Lipinski definition) is 8. The van der Waals surface area contributed by atoms with Gasteiger partial charge in [-0.3, -0.25) is 4.79 Å². The largest absolute Gasteiger partial charge is 0.382 e. The second kappa shape index (κ2) is 9.92. The second-order valence-corrected chi connectivity index (χ2v) is 10.5. The molecule has 1 amide bonds. The Hall–Kier alpha value is -4.06. The fraction of sp³-hybridized carbons (Fsp3) is 0.444. The van der Waals surface area contributed by atoms with Gasteiger partial charge in [0.1, 0.15) is 17.7 Å². The summed E-state index contributed by atoms with van der Waals surface area (Å²) >= 11 is 0. The summed E-state index contributed by atoms with van der Waals surface area (Å²) in [5.41, 5.74) is 10.7. The lowest BCUT2D eigenvalue weighted by Crippen LogP contribution is -2.58. The summed E-state index contributed by atoms with van der Waals surface area (Å²) < 4.78 is 24.4. The average Bonchev–Trinajstić information content (AvgIpc) is 3.54. The Morgan fingerprint density at radius 3 is 2.54 bits per heavy atom. The number of anilines is 2. The molecule has 0 bridgehead atoms. The molecule has 2 unspecified atom stereocenters. The van der Waals surface area contributed by atoms with E-state index in [2.05, 4.69) is 39.1 Å². The van der Waals surface area contributed by atoms with E-state index in [-0.39, 0.29) is 29.8 Å². The van der Waals surface area contributed by atoms with E-state index in [0.717, 1.165) is 29.8 Å². The number of hydrogen-bond donors (Lipinski definition) is 1. The number of nitrogens with zero attached hydrogens (tertiary/aromatic N) is 8. The Kier molecular flexibility index (Phi) is 6.42. The molecule has 2 fully saturated rings. The molecule has 5 heterocycles. The predicted octanol–water partition coefficient (Wildman–Crippen LogP) is 3.17. The highest BCUT2D eigenvalue weighted by molar-refractivity contribution is 5.91. The molecule has 39 heavy (non-hydrogen) atoms. The molecule has 12 heteroatoms. The van der Waals surface area contributed by atoms with Gasteiger partial charge in [0.2, 0.25) is 5.91 Å². The standard InChI is InChI=1S/C27H32FN9O2/c1-16-13-34(18(3)38)14-17(2)35(16)22-9-19(8-20(28)10-22)24-11-23(26-27(29)30-15-32-37(24)26)25-12-31-33-36(25)21-4-6-39-7-5-21/h8-12,15-17,21H,4-7,13-14H2,1-3H3,(H2,29,30,32). The first kappa shape index (κ1) is 25.2. The molecule has 2 N–H and O–H groups in total. The van der Waals surface area contributed by atoms with Crippen molar-refractivity contribution in [3.63, 3.8) is 0 Å². The number of carbonyl (C=O) groups is 1. The zero-order valence-corrected chi connectivity index (χ0v) is 22.3. The highest BCUT2D eigenvalue weighted by Gasteiger charge is 2.32. The lowest BCUT2D eigenvalue weighted by molar-refractivity contribution is -0.130. The third-order valence-electron chi connectivity index (χ3n) is 7.81. The minimum absolute atomic E-state index is 0.0183. The fourth-order valence-electron chi connectivity index (χ4n) is 6.06. The highest BCUT2D eigenvalue weighted by atomic mass is 19.1. The molecule has 3 aromatic heterocycles. The van der Waals surface area contributed by atoms with Crippen LogP contribution in [-0.4, -0.2) is 78.8 Å². The molecule has 2 aliphatic rings. The Morgan fingerprint density at radius 2 is 1.82 bits per heavy atom. The number of halogens is 1. The molecular formula is C27H32FN9O2. The van der Waals surface area contributed by atoms with Crippen molar-refractivity contribution in [1.82, 2.24) is 34.5 Å². The summed E-state index contributed by atoms with van der Waals surface area (Å²) in [6, 6.07) is 7.16. The van der Waals surface area contributed by atoms with Gasteiger partial charge in [0.15, 0.2) is 5.82 Å². The molecule has 0 radical (unpaired) electrons. The number of nitrogen functional groups attached to an aromatic ring is 1. The van der Waals surface area contributed by atoms with Gasteiger partial charge in [0.25, 0.3) is 0 Å². The summed E-state index contributed by atoms with van der Waals surface area (Å²) in [5, 5.41) is 13.1. The summed E-state index contributed by atoms with van der Waals surface area (Å²) in [6.07, 6.45) is 4.79. The number of fused-ring (bicyclic) bond motifs is 1. The third kappa shape index (κ3) is 4.48. The lowest BCUT2D eigenvalue weighted by Gasteiger charge is -2.45. The van der Waals surface area contributed by atoms with E-state index in [0.29, 0.717) is 48.9 Å². The van der Waals surface area contributed by atoms with Crippen molar-refractivity contribution < 1.29 is 13.9 Å². The number of ether oxygens (including phenoxy) is 1. The molecule has 204 valence electrons. The second-order valence-electron chi connectivity index (χ2n) is 10.5. The first-order chi connectivity index (χ1) is 18.8. The number of amides is 1. The molecule has 2 saturated heterocycles. The molecule has 6 rings (SSSR count). The number of aromatic nitrogens is 6. The Labute approximate surface area is 225 Å². The van der Waals surface area contributed by atoms with Crippen LogP contribution in [0.15, 0.2) is 36.8 Å². The lowest BCUT2D eigenvalue weighted by atomic mass is 10.0. The van der Waals surface area contributed by atoms with Crippen LogP contribution < -0.4 is 10.6 Å². The van der Waals surface area contributed by atoms with E-state index < -0.39 is 0 Å². The van der Waals surface area contributed by atoms with Crippen molar-refractivity contribution in [2.45, 2.75) is 51.7 Å². The Balaban J connectivity index is 1.45. The Bertz CT molecular complexity index is 1510. The summed E-state index contributed by atoms with van der Waals surface area (Å²) in [7, 11) is 0. The normalized spacial score (nSPS) is 20.6. The van der Waals surface area contributed by atoms with Gasteiger partial charge in [-0.1, -0.05) is 5.21 Å². The van der Waals surface area contributed by atoms with Gasteiger partial charge in [-0.2, -0.15) is 5.10 Å². The molecular weight excluding hydrogens is 501 g/mol. The Morgan fingerprint density at radius 1 is 1.08 bits per heavy atom. The maximum Gasteiger partial charge on any atom is 0.219 e. The predicted molar refractivity (Wildman–Crippen MR) is 145 cm³/mol. The van der Waals surface area contributed by atoms with Gasteiger partial charge < -0.3 is 20.3 Å². The first-order valence-electron chi connectivity index (χ1n) is 13.3. The molecule has 11 nitrogen and oxygen atoms in total. The zero-order valence-electron chi connectivity index (χ0n) is 22.3. The van der Waals surface area contributed by atoms with Crippen LogP contribution in [0.25, 0.3) is 28.0 Å². The van der Waals surface area contributed by atoms with Crippen LogP contribution in [0, 0.1) is 5.82 Å². The maximum absolute atomic E-state index is 15.2. The molecule has 0 spiro atoms. The zero-order chi connectivity index (χ0) is 27.3. The van der Waals surface area contributed by atoms with Crippen LogP contribution in [0.4, 0.5) is 15.9 Å². The number of rotatable bonds is 4. The summed E-state index contributed by atoms with van der Waals surface area (Å²) in [5.74, 6) is 0.000708. The van der Waals surface area contributed by atoms with E-state index in [9.17, 15) is 4.79 Å². The first-order valence-corrected chi connectivity index (χ1v) is 13.3. The maximum atomic E-state index is 15.2. The van der Waals surface area contributed by atoms with Gasteiger partial charge in [0.05, 0.1) is 23.6 Å². The van der Waals surface area contributed by atoms with Crippen LogP contribution in [0.2, 0.25) is 0 Å². The van der Waals surface area contributed by atoms with Gasteiger partial charge in [0, 0.05) is 62.1 Å². The molecule has 4 aromatic rings. The van der Waals surface area contributed by atoms with Crippen LogP contribution in [0.3, 0.4) is 0 Å². The summed E-state index contributed by atoms with van der Waals surface area (Å²) in [6.45, 7) is 8.19. The third-order valence-corrected chi connectivity index (χ3v) is 7.81. The highest BCUT2D eigenvalue weighted by Crippen LogP contribution is 2.38. The summed E-state index contributed by atoms with van der Waals surface area (Å²) in [4.78, 5) is 20.3. The van der Waals surface area contributed by atoms with Crippen molar-refractivity contribution >= 4 is 22.9 Å². The van der Waals surface area contributed by atoms with E-state index in [1.54, 1.807) is 23.7 Å². The molecule has 1 aromatic carbocycles. The van der Waals surface area contributed by atoms with Gasteiger partial charge >= 0.3 is 0 Å². The van der Waals surface area contributed by atoms with Crippen molar-refractivity contribution in [2.75, 3.05) is 36.9 Å². The van der Waals surface area contributed by atoms with Crippen LogP contribution >= 0.6 is 0 Å². The number of benzene rings is 1. The van der Waals surface area contributed by atoms with E-state index >= 15 is 4.39 Å². The van der Waals surface area contributed by atoms with E-state index in [4.69, 9.17) is 10.5 Å². The smallest absolute Gasteiger partial charge is 0.219 e. The fourth-order valence-corrected chi connectivity index (χ4v) is 6.06. The van der Waals surface area contributed by atoms with Crippen molar-refractivity contribution in [2.24, 2.45) is 0 Å².